The first-order valence-electron chi connectivity index (χ1n) is 6.56. The van der Waals surface area contributed by atoms with E-state index < -0.39 is 35.5 Å². The number of rotatable bonds is 4. The van der Waals surface area contributed by atoms with Gasteiger partial charge in [0.05, 0.1) is 16.6 Å². The van der Waals surface area contributed by atoms with E-state index in [9.17, 15) is 18.4 Å². The first-order chi connectivity index (χ1) is 10.3. The molecule has 116 valence electrons. The Kier molecular flexibility index (Phi) is 4.44. The number of benzene rings is 1. The van der Waals surface area contributed by atoms with Crippen LogP contribution >= 0.6 is 0 Å². The number of halogens is 2. The highest BCUT2D eigenvalue weighted by molar-refractivity contribution is 5.89. The van der Waals surface area contributed by atoms with Crippen LogP contribution in [0.4, 0.5) is 8.78 Å². The number of carbonyl (C=O) groups is 2. The minimum Gasteiger partial charge on any atom is -0.461 e. The van der Waals surface area contributed by atoms with Crippen LogP contribution in [0.3, 0.4) is 0 Å². The van der Waals surface area contributed by atoms with E-state index in [2.05, 4.69) is 16.6 Å². The van der Waals surface area contributed by atoms with Crippen molar-refractivity contribution in [2.45, 2.75) is 19.9 Å². The molecule has 0 saturated carbocycles. The first kappa shape index (κ1) is 15.9. The zero-order chi connectivity index (χ0) is 16.4. The maximum Gasteiger partial charge on any atom is 0.311 e. The van der Waals surface area contributed by atoms with Gasteiger partial charge in [0, 0.05) is 12.1 Å². The molecule has 0 fully saturated rings. The summed E-state index contributed by atoms with van der Waals surface area (Å²) < 4.78 is 31.3. The Labute approximate surface area is 125 Å². The van der Waals surface area contributed by atoms with E-state index in [1.54, 1.807) is 6.92 Å². The summed E-state index contributed by atoms with van der Waals surface area (Å²) in [6.45, 7) is 6.79. The maximum absolute atomic E-state index is 13.2. The minimum atomic E-state index is -1.12. The Morgan fingerprint density at radius 3 is 2.55 bits per heavy atom. The van der Waals surface area contributed by atoms with Gasteiger partial charge in [0.25, 0.3) is 5.91 Å². The Bertz CT molecular complexity index is 774. The highest BCUT2D eigenvalue weighted by Gasteiger charge is 2.32. The first-order valence-corrected chi connectivity index (χ1v) is 6.56. The molecule has 0 aromatic heterocycles. The summed E-state index contributed by atoms with van der Waals surface area (Å²) in [5.74, 6) is -4.43. The van der Waals surface area contributed by atoms with Gasteiger partial charge in [-0.3, -0.25) is 14.6 Å². The van der Waals surface area contributed by atoms with E-state index in [4.69, 9.17) is 4.74 Å². The molecule has 0 saturated heterocycles. The number of carbonyl (C=O) groups excluding carboxylic acids is 2. The molecular weight excluding hydrogens is 294 g/mol. The van der Waals surface area contributed by atoms with Crippen LogP contribution in [0.5, 0.6) is 0 Å². The standard InChI is InChI=1S/C15H14F2N2O3/c1-7(2)6-22-15(21)8(3)13-14(20)19-12-5-10(17)9(16)4-11(12)18-13/h4-5,8,13H,1,6H2,2-3H3. The summed E-state index contributed by atoms with van der Waals surface area (Å²) in [6.07, 6.45) is 0. The summed E-state index contributed by atoms with van der Waals surface area (Å²) in [5, 5.41) is -0.0225. The van der Waals surface area contributed by atoms with Crippen molar-refractivity contribution >= 4 is 11.9 Å². The fraction of sp³-hybridized carbons (Fsp3) is 0.333. The lowest BCUT2D eigenvalue weighted by atomic mass is 10.0. The van der Waals surface area contributed by atoms with Crippen LogP contribution in [0.25, 0.3) is 0 Å². The van der Waals surface area contributed by atoms with E-state index in [1.165, 1.54) is 6.92 Å². The molecule has 0 aliphatic carbocycles. The topological polar surface area (TPSA) is 68.1 Å². The van der Waals surface area contributed by atoms with Gasteiger partial charge in [-0.05, 0) is 19.4 Å². The number of hydrogen-bond acceptors (Lipinski definition) is 4. The summed E-state index contributed by atoms with van der Waals surface area (Å²) in [6, 6.07) is 0.529. The third kappa shape index (κ3) is 3.24. The Balaban J connectivity index is 2.31. The highest BCUT2D eigenvalue weighted by atomic mass is 19.2. The predicted molar refractivity (Wildman–Crippen MR) is 72.4 cm³/mol. The predicted octanol–water partition coefficient (Wildman–Crippen LogP) is 0.868. The SMILES string of the molecule is C=C(C)COC(=O)C(C)C1N=c2cc(F)c(F)cc2=NC1=O. The second-order valence-corrected chi connectivity index (χ2v) is 5.13. The molecule has 1 heterocycles. The molecule has 7 heteroatoms. The van der Waals surface area contributed by atoms with Gasteiger partial charge < -0.3 is 4.74 Å². The fourth-order valence-corrected chi connectivity index (χ4v) is 1.89. The molecule has 0 N–H and O–H groups in total. The Morgan fingerprint density at radius 1 is 1.36 bits per heavy atom. The number of amides is 1. The van der Waals surface area contributed by atoms with Gasteiger partial charge in [0.2, 0.25) is 0 Å². The monoisotopic (exact) mass is 308 g/mol. The molecule has 0 radical (unpaired) electrons. The van der Waals surface area contributed by atoms with E-state index >= 15 is 0 Å². The molecule has 1 aromatic rings. The second-order valence-electron chi connectivity index (χ2n) is 5.13. The van der Waals surface area contributed by atoms with E-state index in [0.717, 1.165) is 12.1 Å². The minimum absolute atomic E-state index is 0.0306. The molecule has 2 rings (SSSR count). The number of fused-ring (bicyclic) bond motifs is 1. The molecule has 1 aliphatic rings. The quantitative estimate of drug-likeness (QED) is 0.612. The maximum atomic E-state index is 13.2. The lowest BCUT2D eigenvalue weighted by molar-refractivity contribution is -0.149. The summed E-state index contributed by atoms with van der Waals surface area (Å²) in [5.41, 5.74) is 0.653. The fourth-order valence-electron chi connectivity index (χ4n) is 1.89. The average molecular weight is 308 g/mol. The molecule has 22 heavy (non-hydrogen) atoms. The van der Waals surface area contributed by atoms with Gasteiger partial charge in [-0.1, -0.05) is 6.58 Å². The van der Waals surface area contributed by atoms with Gasteiger partial charge in [-0.15, -0.1) is 0 Å². The number of esters is 1. The number of hydrogen-bond donors (Lipinski definition) is 0. The van der Waals surface area contributed by atoms with Crippen molar-refractivity contribution in [2.24, 2.45) is 15.9 Å². The van der Waals surface area contributed by atoms with Crippen LogP contribution in [0.1, 0.15) is 13.8 Å². The number of ether oxygens (including phenoxy) is 1. The van der Waals surface area contributed by atoms with Crippen LogP contribution in [0.15, 0.2) is 34.3 Å². The van der Waals surface area contributed by atoms with Crippen molar-refractivity contribution in [1.29, 1.82) is 0 Å². The van der Waals surface area contributed by atoms with Crippen molar-refractivity contribution < 1.29 is 23.1 Å². The molecule has 1 aliphatic heterocycles. The van der Waals surface area contributed by atoms with Crippen LogP contribution in [-0.4, -0.2) is 24.5 Å². The van der Waals surface area contributed by atoms with Crippen LogP contribution in [0, 0.1) is 17.6 Å². The van der Waals surface area contributed by atoms with Gasteiger partial charge >= 0.3 is 5.97 Å². The summed E-state index contributed by atoms with van der Waals surface area (Å²) >= 11 is 0. The normalized spacial score (nSPS) is 17.8. The van der Waals surface area contributed by atoms with E-state index in [1.807, 2.05) is 0 Å². The lowest BCUT2D eigenvalue weighted by Gasteiger charge is -2.18. The second kappa shape index (κ2) is 6.13. The zero-order valence-corrected chi connectivity index (χ0v) is 12.1. The van der Waals surface area contributed by atoms with Gasteiger partial charge in [0.1, 0.15) is 12.6 Å². The summed E-state index contributed by atoms with van der Waals surface area (Å²) in [4.78, 5) is 31.5. The number of nitrogens with zero attached hydrogens (tertiary/aromatic N) is 2. The van der Waals surface area contributed by atoms with Crippen molar-refractivity contribution in [3.05, 3.63) is 46.6 Å². The molecule has 1 amide bonds. The molecular formula is C15H14F2N2O3. The lowest BCUT2D eigenvalue weighted by Crippen LogP contribution is -2.42. The van der Waals surface area contributed by atoms with Crippen molar-refractivity contribution in [3.63, 3.8) is 0 Å². The molecule has 2 unspecified atom stereocenters. The van der Waals surface area contributed by atoms with Gasteiger partial charge in [0.15, 0.2) is 11.6 Å². The smallest absolute Gasteiger partial charge is 0.311 e. The van der Waals surface area contributed by atoms with Crippen molar-refractivity contribution in [1.82, 2.24) is 0 Å². The van der Waals surface area contributed by atoms with E-state index in [0.29, 0.717) is 5.57 Å². The van der Waals surface area contributed by atoms with Crippen LogP contribution in [0.2, 0.25) is 0 Å². The third-order valence-corrected chi connectivity index (χ3v) is 3.09. The molecule has 0 bridgehead atoms. The summed E-state index contributed by atoms with van der Waals surface area (Å²) in [7, 11) is 0. The van der Waals surface area contributed by atoms with Crippen molar-refractivity contribution in [2.75, 3.05) is 6.61 Å². The molecule has 5 nitrogen and oxygen atoms in total. The van der Waals surface area contributed by atoms with Gasteiger partial charge in [-0.25, -0.2) is 13.8 Å². The molecule has 2 atom stereocenters. The average Bonchev–Trinajstić information content (AvgIpc) is 2.45. The third-order valence-electron chi connectivity index (χ3n) is 3.09. The largest absolute Gasteiger partial charge is 0.461 e. The van der Waals surface area contributed by atoms with Crippen molar-refractivity contribution in [3.8, 4) is 0 Å². The molecule has 0 spiro atoms. The molecule has 1 aromatic carbocycles. The van der Waals surface area contributed by atoms with Gasteiger partial charge in [-0.2, -0.15) is 0 Å². The Hall–Kier alpha value is -2.44. The zero-order valence-electron chi connectivity index (χ0n) is 12.1. The van der Waals surface area contributed by atoms with E-state index in [-0.39, 0.29) is 17.3 Å². The van der Waals surface area contributed by atoms with Crippen LogP contribution < -0.4 is 10.7 Å². The van der Waals surface area contributed by atoms with Crippen LogP contribution in [-0.2, 0) is 14.3 Å². The highest BCUT2D eigenvalue weighted by Crippen LogP contribution is 2.13. The Morgan fingerprint density at radius 2 is 1.95 bits per heavy atom.